The van der Waals surface area contributed by atoms with Gasteiger partial charge in [-0.05, 0) is 55.3 Å². The van der Waals surface area contributed by atoms with Gasteiger partial charge in [-0.3, -0.25) is 4.79 Å². The smallest absolute Gasteiger partial charge is 0.341 e. The molecule has 0 spiro atoms. The minimum absolute atomic E-state index is 0.0362. The summed E-state index contributed by atoms with van der Waals surface area (Å²) in [4.78, 5) is 34.1. The van der Waals surface area contributed by atoms with Crippen molar-refractivity contribution in [3.05, 3.63) is 88.7 Å². The lowest BCUT2D eigenvalue weighted by atomic mass is 10.1. The van der Waals surface area contributed by atoms with Crippen LogP contribution in [0, 0.1) is 5.82 Å². The number of aromatic hydroxyl groups is 1. The molecule has 6 rings (SSSR count). The Morgan fingerprint density at radius 1 is 1.18 bits per heavy atom. The fourth-order valence-electron chi connectivity index (χ4n) is 5.05. The average Bonchev–Trinajstić information content (AvgIpc) is 3.57. The van der Waals surface area contributed by atoms with Crippen LogP contribution in [0.4, 0.5) is 10.1 Å². The molecule has 4 heterocycles. The van der Waals surface area contributed by atoms with Gasteiger partial charge in [0.25, 0.3) is 0 Å². The molecule has 0 saturated carbocycles. The van der Waals surface area contributed by atoms with E-state index in [4.69, 9.17) is 4.74 Å². The minimum Gasteiger partial charge on any atom is -0.508 e. The van der Waals surface area contributed by atoms with E-state index in [-0.39, 0.29) is 17.2 Å². The third kappa shape index (κ3) is 4.09. The normalized spacial score (nSPS) is 15.4. The maximum atomic E-state index is 15.5. The first-order valence-electron chi connectivity index (χ1n) is 12.1. The highest BCUT2D eigenvalue weighted by molar-refractivity contribution is 5.94. The number of aromatic carboxylic acids is 1. The summed E-state index contributed by atoms with van der Waals surface area (Å²) >= 11 is 0. The van der Waals surface area contributed by atoms with Crippen LogP contribution in [0.25, 0.3) is 27.5 Å². The number of H-pyrrole nitrogens is 1. The number of hydrogen-bond acceptors (Lipinski definition) is 6. The molecule has 0 bridgehead atoms. The first kappa shape index (κ1) is 23.5. The number of aromatic amines is 1. The number of rotatable bonds is 6. The fourth-order valence-corrected chi connectivity index (χ4v) is 5.05. The third-order valence-corrected chi connectivity index (χ3v) is 6.95. The lowest BCUT2D eigenvalue weighted by Gasteiger charge is -2.27. The van der Waals surface area contributed by atoms with Gasteiger partial charge in [0, 0.05) is 47.7 Å². The quantitative estimate of drug-likeness (QED) is 0.306. The predicted octanol–water partition coefficient (Wildman–Crippen LogP) is 4.46. The average molecular weight is 515 g/mol. The molecule has 1 aliphatic rings. The van der Waals surface area contributed by atoms with Crippen molar-refractivity contribution >= 4 is 33.5 Å². The number of carbonyl (C=O) groups is 1. The van der Waals surface area contributed by atoms with E-state index in [2.05, 4.69) is 9.97 Å². The molecule has 5 aromatic rings. The lowest BCUT2D eigenvalue weighted by Crippen LogP contribution is -2.35. The molecule has 38 heavy (non-hydrogen) atoms. The van der Waals surface area contributed by atoms with Gasteiger partial charge >= 0.3 is 5.97 Å². The molecule has 1 fully saturated rings. The Morgan fingerprint density at radius 2 is 2.00 bits per heavy atom. The number of pyridine rings is 2. The Hall–Kier alpha value is -4.86. The number of ether oxygens (including phenoxy) is 1. The maximum Gasteiger partial charge on any atom is 0.341 e. The van der Waals surface area contributed by atoms with Crippen LogP contribution >= 0.6 is 0 Å². The number of anilines is 1. The molecule has 1 unspecified atom stereocenters. The number of fused-ring (bicyclic) bond motifs is 2. The van der Waals surface area contributed by atoms with E-state index >= 15 is 4.39 Å². The van der Waals surface area contributed by atoms with Gasteiger partial charge in [-0.15, -0.1) is 0 Å². The number of phenols is 1. The Bertz CT molecular complexity index is 1740. The first-order chi connectivity index (χ1) is 18.4. The molecule has 0 radical (unpaired) electrons. The zero-order valence-corrected chi connectivity index (χ0v) is 20.1. The van der Waals surface area contributed by atoms with E-state index in [9.17, 15) is 19.8 Å². The van der Waals surface area contributed by atoms with Crippen molar-refractivity contribution in [2.24, 2.45) is 0 Å². The van der Waals surface area contributed by atoms with Crippen LogP contribution in [0.15, 0.2) is 71.9 Å². The number of nitrogens with one attached hydrogen (secondary N) is 1. The molecule has 0 aliphatic carbocycles. The van der Waals surface area contributed by atoms with Crippen LogP contribution in [0.5, 0.6) is 11.6 Å². The number of nitrogens with zero attached hydrogens (tertiary/aromatic N) is 3. The largest absolute Gasteiger partial charge is 0.508 e. The standard InChI is InChI=1S/C28H23FN4O5/c29-22-10-20-24(33(14-21(27(20)35)28(36)37)17-3-5-19(34)6-4-17)12-25(22)32-9-1-2-18(32)15-38-26-11-23-16(13-31-26)7-8-30-23/h3-8,10-14,18,30,34H,1-2,9,15H2,(H,36,37). The van der Waals surface area contributed by atoms with E-state index in [0.717, 1.165) is 29.8 Å². The first-order valence-corrected chi connectivity index (χ1v) is 12.1. The van der Waals surface area contributed by atoms with Crippen molar-refractivity contribution < 1.29 is 24.1 Å². The summed E-state index contributed by atoms with van der Waals surface area (Å²) in [6.45, 7) is 0.885. The molecule has 10 heteroatoms. The number of carboxylic acids is 1. The van der Waals surface area contributed by atoms with E-state index in [1.54, 1.807) is 24.4 Å². The molecule has 2 aromatic carbocycles. The SMILES string of the molecule is O=C(O)c1cn(-c2ccc(O)cc2)c2cc(N3CCCC3COc3cc4[nH]ccc4cn3)c(F)cc2c1=O. The number of benzene rings is 2. The van der Waals surface area contributed by atoms with E-state index in [1.165, 1.54) is 22.9 Å². The summed E-state index contributed by atoms with van der Waals surface area (Å²) in [5.74, 6) is -1.52. The molecule has 1 aliphatic heterocycles. The topological polar surface area (TPSA) is 121 Å². The summed E-state index contributed by atoms with van der Waals surface area (Å²) in [6.07, 6.45) is 6.40. The number of aromatic nitrogens is 3. The van der Waals surface area contributed by atoms with Gasteiger partial charge in [-0.25, -0.2) is 14.2 Å². The van der Waals surface area contributed by atoms with Crippen molar-refractivity contribution in [1.29, 1.82) is 0 Å². The molecule has 1 saturated heterocycles. The molecule has 9 nitrogen and oxygen atoms in total. The van der Waals surface area contributed by atoms with Gasteiger partial charge < -0.3 is 29.4 Å². The van der Waals surface area contributed by atoms with E-state index < -0.39 is 22.8 Å². The highest BCUT2D eigenvalue weighted by Gasteiger charge is 2.29. The second-order valence-electron chi connectivity index (χ2n) is 9.27. The van der Waals surface area contributed by atoms with Crippen LogP contribution in [-0.4, -0.2) is 49.9 Å². The summed E-state index contributed by atoms with van der Waals surface area (Å²) in [7, 11) is 0. The summed E-state index contributed by atoms with van der Waals surface area (Å²) in [5.41, 5.74) is 0.836. The Balaban J connectivity index is 1.39. The Morgan fingerprint density at radius 3 is 2.79 bits per heavy atom. The van der Waals surface area contributed by atoms with Gasteiger partial charge in [0.2, 0.25) is 11.3 Å². The van der Waals surface area contributed by atoms with Crippen molar-refractivity contribution in [3.8, 4) is 17.3 Å². The highest BCUT2D eigenvalue weighted by Crippen LogP contribution is 2.32. The van der Waals surface area contributed by atoms with Crippen molar-refractivity contribution in [2.75, 3.05) is 18.1 Å². The maximum absolute atomic E-state index is 15.5. The molecule has 0 amide bonds. The van der Waals surface area contributed by atoms with Gasteiger partial charge in [0.05, 0.1) is 22.8 Å². The second-order valence-corrected chi connectivity index (χ2v) is 9.27. The monoisotopic (exact) mass is 514 g/mol. The van der Waals surface area contributed by atoms with Crippen molar-refractivity contribution in [1.82, 2.24) is 14.5 Å². The molecule has 3 aromatic heterocycles. The molecular weight excluding hydrogens is 491 g/mol. The zero-order chi connectivity index (χ0) is 26.4. The zero-order valence-electron chi connectivity index (χ0n) is 20.1. The van der Waals surface area contributed by atoms with Crippen LogP contribution in [0.1, 0.15) is 23.2 Å². The number of phenolic OH excluding ortho intramolecular Hbond substituents is 1. The fraction of sp³-hybridized carbons (Fsp3) is 0.179. The van der Waals surface area contributed by atoms with Gasteiger partial charge in [-0.1, -0.05) is 0 Å². The van der Waals surface area contributed by atoms with E-state index in [0.29, 0.717) is 35.9 Å². The molecular formula is C28H23FN4O5. The van der Waals surface area contributed by atoms with Crippen LogP contribution in [0.2, 0.25) is 0 Å². The van der Waals surface area contributed by atoms with E-state index in [1.807, 2.05) is 23.2 Å². The van der Waals surface area contributed by atoms with Crippen molar-refractivity contribution in [2.45, 2.75) is 18.9 Å². The van der Waals surface area contributed by atoms with Gasteiger partial charge in [0.15, 0.2) is 0 Å². The Kier molecular flexibility index (Phi) is 5.71. The molecule has 3 N–H and O–H groups in total. The predicted molar refractivity (Wildman–Crippen MR) is 140 cm³/mol. The second kappa shape index (κ2) is 9.22. The summed E-state index contributed by atoms with van der Waals surface area (Å²) in [6, 6.07) is 12.4. The summed E-state index contributed by atoms with van der Waals surface area (Å²) < 4.78 is 23.0. The van der Waals surface area contributed by atoms with Crippen molar-refractivity contribution in [3.63, 3.8) is 0 Å². The highest BCUT2D eigenvalue weighted by atomic mass is 19.1. The minimum atomic E-state index is -1.41. The molecule has 1 atom stereocenters. The van der Waals surface area contributed by atoms with Gasteiger partial charge in [-0.2, -0.15) is 0 Å². The number of halogens is 1. The number of carboxylic acid groups (broad SMARTS) is 1. The third-order valence-electron chi connectivity index (χ3n) is 6.95. The Labute approximate surface area is 215 Å². The number of hydrogen-bond donors (Lipinski definition) is 3. The summed E-state index contributed by atoms with van der Waals surface area (Å²) in [5, 5.41) is 20.2. The van der Waals surface area contributed by atoms with Crippen LogP contribution < -0.4 is 15.1 Å². The van der Waals surface area contributed by atoms with Crippen LogP contribution in [-0.2, 0) is 0 Å². The van der Waals surface area contributed by atoms with Gasteiger partial charge in [0.1, 0.15) is 23.7 Å². The van der Waals surface area contributed by atoms with Crippen LogP contribution in [0.3, 0.4) is 0 Å². The lowest BCUT2D eigenvalue weighted by molar-refractivity contribution is 0.0695. The molecule has 192 valence electrons.